The molecule has 0 spiro atoms. The van der Waals surface area contributed by atoms with Crippen molar-refractivity contribution in [1.29, 1.82) is 0 Å². The number of anilines is 1. The Morgan fingerprint density at radius 1 is 1.14 bits per heavy atom. The van der Waals surface area contributed by atoms with Crippen LogP contribution in [0.5, 0.6) is 0 Å². The maximum Gasteiger partial charge on any atom is 0.239 e. The molecule has 0 unspecified atom stereocenters. The molecular weight excluding hydrogens is 274 g/mol. The van der Waals surface area contributed by atoms with E-state index in [0.717, 1.165) is 11.3 Å². The van der Waals surface area contributed by atoms with Gasteiger partial charge in [-0.25, -0.2) is 0 Å². The van der Waals surface area contributed by atoms with Crippen LogP contribution in [0.25, 0.3) is 0 Å². The third-order valence-electron chi connectivity index (χ3n) is 3.42. The van der Waals surface area contributed by atoms with E-state index in [9.17, 15) is 4.79 Å². The van der Waals surface area contributed by atoms with Gasteiger partial charge < -0.3 is 10.6 Å². The quantitative estimate of drug-likeness (QED) is 0.891. The molecule has 0 aliphatic rings. The fraction of sp³-hybridized carbons (Fsp3) is 0.333. The number of carbonyl (C=O) groups is 1. The SMILES string of the molecule is CC(C)(C)c1ccc(NCC(=O)NCc2cccnc2)cc1. The van der Waals surface area contributed by atoms with Gasteiger partial charge in [0, 0.05) is 24.6 Å². The van der Waals surface area contributed by atoms with Gasteiger partial charge in [-0.2, -0.15) is 0 Å². The second-order valence-electron chi connectivity index (χ2n) is 6.32. The molecule has 0 saturated carbocycles. The largest absolute Gasteiger partial charge is 0.376 e. The van der Waals surface area contributed by atoms with Crippen molar-refractivity contribution < 1.29 is 4.79 Å². The monoisotopic (exact) mass is 297 g/mol. The Bertz CT molecular complexity index is 600. The Balaban J connectivity index is 1.79. The molecule has 1 heterocycles. The van der Waals surface area contributed by atoms with Crippen LogP contribution in [0.1, 0.15) is 31.9 Å². The van der Waals surface area contributed by atoms with Gasteiger partial charge in [0.1, 0.15) is 0 Å². The fourth-order valence-electron chi connectivity index (χ4n) is 2.04. The number of amides is 1. The van der Waals surface area contributed by atoms with Crippen molar-refractivity contribution in [2.45, 2.75) is 32.7 Å². The molecule has 0 radical (unpaired) electrons. The molecular formula is C18H23N3O. The van der Waals surface area contributed by atoms with Crippen LogP contribution in [0.2, 0.25) is 0 Å². The summed E-state index contributed by atoms with van der Waals surface area (Å²) in [4.78, 5) is 15.8. The Hall–Kier alpha value is -2.36. The van der Waals surface area contributed by atoms with Gasteiger partial charge in [0.25, 0.3) is 0 Å². The average molecular weight is 297 g/mol. The summed E-state index contributed by atoms with van der Waals surface area (Å²) in [7, 11) is 0. The highest BCUT2D eigenvalue weighted by molar-refractivity contribution is 5.80. The summed E-state index contributed by atoms with van der Waals surface area (Å²) in [6.45, 7) is 7.30. The second-order valence-corrected chi connectivity index (χ2v) is 6.32. The zero-order valence-corrected chi connectivity index (χ0v) is 13.4. The first-order chi connectivity index (χ1) is 10.4. The summed E-state index contributed by atoms with van der Waals surface area (Å²) < 4.78 is 0. The minimum atomic E-state index is -0.0382. The zero-order valence-electron chi connectivity index (χ0n) is 13.4. The molecule has 4 heteroatoms. The minimum absolute atomic E-state index is 0.0382. The Morgan fingerprint density at radius 3 is 2.45 bits per heavy atom. The Labute approximate surface area is 132 Å². The van der Waals surface area contributed by atoms with Crippen LogP contribution < -0.4 is 10.6 Å². The molecule has 0 saturated heterocycles. The van der Waals surface area contributed by atoms with Gasteiger partial charge in [0.2, 0.25) is 5.91 Å². The van der Waals surface area contributed by atoms with Gasteiger partial charge in [-0.1, -0.05) is 39.0 Å². The van der Waals surface area contributed by atoms with E-state index in [2.05, 4.69) is 48.5 Å². The van der Waals surface area contributed by atoms with Crippen molar-refractivity contribution in [2.24, 2.45) is 0 Å². The smallest absolute Gasteiger partial charge is 0.239 e. The minimum Gasteiger partial charge on any atom is -0.376 e. The number of benzene rings is 1. The highest BCUT2D eigenvalue weighted by atomic mass is 16.1. The number of hydrogen-bond acceptors (Lipinski definition) is 3. The van der Waals surface area contributed by atoms with Gasteiger partial charge in [-0.15, -0.1) is 0 Å². The van der Waals surface area contributed by atoms with E-state index in [1.807, 2.05) is 24.3 Å². The number of nitrogens with zero attached hydrogens (tertiary/aromatic N) is 1. The first-order valence-corrected chi connectivity index (χ1v) is 7.45. The number of rotatable bonds is 5. The van der Waals surface area contributed by atoms with Crippen LogP contribution in [0, 0.1) is 0 Å². The number of carbonyl (C=O) groups excluding carboxylic acids is 1. The van der Waals surface area contributed by atoms with Crippen LogP contribution >= 0.6 is 0 Å². The maximum absolute atomic E-state index is 11.8. The van der Waals surface area contributed by atoms with Gasteiger partial charge in [-0.05, 0) is 34.7 Å². The van der Waals surface area contributed by atoms with E-state index < -0.39 is 0 Å². The molecule has 1 amide bonds. The molecule has 0 atom stereocenters. The second kappa shape index (κ2) is 7.07. The third kappa shape index (κ3) is 4.88. The lowest BCUT2D eigenvalue weighted by atomic mass is 9.87. The van der Waals surface area contributed by atoms with Crippen molar-refractivity contribution in [3.8, 4) is 0 Å². The first kappa shape index (κ1) is 16.0. The van der Waals surface area contributed by atoms with Gasteiger partial charge in [0.15, 0.2) is 0 Å². The lowest BCUT2D eigenvalue weighted by molar-refractivity contribution is -0.119. The first-order valence-electron chi connectivity index (χ1n) is 7.45. The highest BCUT2D eigenvalue weighted by Crippen LogP contribution is 2.23. The Kier molecular flexibility index (Phi) is 5.15. The molecule has 0 fully saturated rings. The van der Waals surface area contributed by atoms with Crippen molar-refractivity contribution in [2.75, 3.05) is 11.9 Å². The van der Waals surface area contributed by atoms with Gasteiger partial charge in [-0.3, -0.25) is 9.78 Å². The normalized spacial score (nSPS) is 11.0. The van der Waals surface area contributed by atoms with Gasteiger partial charge >= 0.3 is 0 Å². The molecule has 0 aliphatic carbocycles. The summed E-state index contributed by atoms with van der Waals surface area (Å²) in [5.41, 5.74) is 3.36. The van der Waals surface area contributed by atoms with E-state index in [0.29, 0.717) is 6.54 Å². The third-order valence-corrected chi connectivity index (χ3v) is 3.42. The van der Waals surface area contributed by atoms with Crippen molar-refractivity contribution in [1.82, 2.24) is 10.3 Å². The van der Waals surface area contributed by atoms with E-state index in [-0.39, 0.29) is 17.9 Å². The highest BCUT2D eigenvalue weighted by Gasteiger charge is 2.12. The molecule has 0 bridgehead atoms. The lowest BCUT2D eigenvalue weighted by Crippen LogP contribution is -2.29. The number of hydrogen-bond donors (Lipinski definition) is 2. The number of aromatic nitrogens is 1. The van der Waals surface area contributed by atoms with E-state index in [4.69, 9.17) is 0 Å². The average Bonchev–Trinajstić information content (AvgIpc) is 2.51. The molecule has 1 aromatic carbocycles. The summed E-state index contributed by atoms with van der Waals surface area (Å²) >= 11 is 0. The predicted molar refractivity (Wildman–Crippen MR) is 89.7 cm³/mol. The van der Waals surface area contributed by atoms with Crippen molar-refractivity contribution in [3.05, 3.63) is 59.9 Å². The number of pyridine rings is 1. The van der Waals surface area contributed by atoms with Crippen molar-refractivity contribution in [3.63, 3.8) is 0 Å². The van der Waals surface area contributed by atoms with E-state index in [1.165, 1.54) is 5.56 Å². The molecule has 22 heavy (non-hydrogen) atoms. The zero-order chi connectivity index (χ0) is 16.0. The summed E-state index contributed by atoms with van der Waals surface area (Å²) in [5, 5.41) is 6.00. The van der Waals surface area contributed by atoms with E-state index in [1.54, 1.807) is 12.4 Å². The summed E-state index contributed by atoms with van der Waals surface area (Å²) in [6, 6.07) is 12.0. The van der Waals surface area contributed by atoms with E-state index >= 15 is 0 Å². The van der Waals surface area contributed by atoms with Crippen LogP contribution in [-0.2, 0) is 16.8 Å². The standard InChI is InChI=1S/C18H23N3O/c1-18(2,3)15-6-8-16(9-7-15)20-13-17(22)21-12-14-5-4-10-19-11-14/h4-11,20H,12-13H2,1-3H3,(H,21,22). The van der Waals surface area contributed by atoms with Crippen LogP contribution in [-0.4, -0.2) is 17.4 Å². The summed E-state index contributed by atoms with van der Waals surface area (Å²) in [6.07, 6.45) is 3.47. The van der Waals surface area contributed by atoms with Crippen molar-refractivity contribution >= 4 is 11.6 Å². The van der Waals surface area contributed by atoms with Crippen LogP contribution in [0.15, 0.2) is 48.8 Å². The Morgan fingerprint density at radius 2 is 1.86 bits per heavy atom. The fourth-order valence-corrected chi connectivity index (χ4v) is 2.04. The lowest BCUT2D eigenvalue weighted by Gasteiger charge is -2.19. The molecule has 2 rings (SSSR count). The van der Waals surface area contributed by atoms with Gasteiger partial charge in [0.05, 0.1) is 6.54 Å². The molecule has 116 valence electrons. The molecule has 4 nitrogen and oxygen atoms in total. The molecule has 1 aromatic heterocycles. The van der Waals surface area contributed by atoms with Crippen LogP contribution in [0.3, 0.4) is 0 Å². The predicted octanol–water partition coefficient (Wildman–Crippen LogP) is 3.11. The molecule has 2 N–H and O–H groups in total. The summed E-state index contributed by atoms with van der Waals surface area (Å²) in [5.74, 6) is -0.0382. The topological polar surface area (TPSA) is 54.0 Å². The number of nitrogens with one attached hydrogen (secondary N) is 2. The van der Waals surface area contributed by atoms with Crippen LogP contribution in [0.4, 0.5) is 5.69 Å². The maximum atomic E-state index is 11.8. The molecule has 2 aromatic rings. The molecule has 0 aliphatic heterocycles.